The van der Waals surface area contributed by atoms with Gasteiger partial charge in [-0.3, -0.25) is 4.79 Å². The third-order valence-electron chi connectivity index (χ3n) is 2.96. The van der Waals surface area contributed by atoms with Gasteiger partial charge < -0.3 is 16.6 Å². The zero-order chi connectivity index (χ0) is 11.2. The van der Waals surface area contributed by atoms with Crippen LogP contribution in [-0.4, -0.2) is 23.2 Å². The van der Waals surface area contributed by atoms with Crippen molar-refractivity contribution in [3.63, 3.8) is 0 Å². The van der Waals surface area contributed by atoms with Gasteiger partial charge in [0.15, 0.2) is 0 Å². The summed E-state index contributed by atoms with van der Waals surface area (Å²) in [5.41, 5.74) is 10.2. The van der Waals surface area contributed by atoms with Crippen LogP contribution in [0.15, 0.2) is 0 Å². The highest BCUT2D eigenvalue weighted by Gasteiger charge is 2.38. The van der Waals surface area contributed by atoms with Gasteiger partial charge in [-0.15, -0.1) is 0 Å². The van der Waals surface area contributed by atoms with E-state index in [1.807, 2.05) is 13.8 Å². The van der Waals surface area contributed by atoms with E-state index >= 15 is 0 Å². The van der Waals surface area contributed by atoms with Crippen LogP contribution in [0.3, 0.4) is 0 Å². The SMILES string of the molecule is CCC(CCCN)C(N)(CC)C(=O)O. The van der Waals surface area contributed by atoms with E-state index in [1.54, 1.807) is 0 Å². The van der Waals surface area contributed by atoms with E-state index < -0.39 is 11.5 Å². The number of hydrogen-bond donors (Lipinski definition) is 3. The van der Waals surface area contributed by atoms with Crippen molar-refractivity contribution >= 4 is 5.97 Å². The van der Waals surface area contributed by atoms with E-state index in [4.69, 9.17) is 16.6 Å². The fourth-order valence-electron chi connectivity index (χ4n) is 1.80. The quantitative estimate of drug-likeness (QED) is 0.573. The van der Waals surface area contributed by atoms with Crippen molar-refractivity contribution in [3.05, 3.63) is 0 Å². The number of nitrogens with two attached hydrogens (primary N) is 2. The average molecular weight is 202 g/mol. The molecule has 0 heterocycles. The topological polar surface area (TPSA) is 89.3 Å². The van der Waals surface area contributed by atoms with Gasteiger partial charge in [-0.05, 0) is 31.7 Å². The summed E-state index contributed by atoms with van der Waals surface area (Å²) in [7, 11) is 0. The smallest absolute Gasteiger partial charge is 0.323 e. The minimum Gasteiger partial charge on any atom is -0.480 e. The van der Waals surface area contributed by atoms with E-state index in [1.165, 1.54) is 0 Å². The van der Waals surface area contributed by atoms with Crippen molar-refractivity contribution in [2.75, 3.05) is 6.54 Å². The van der Waals surface area contributed by atoms with E-state index in [0.717, 1.165) is 19.3 Å². The van der Waals surface area contributed by atoms with Crippen molar-refractivity contribution in [3.8, 4) is 0 Å². The van der Waals surface area contributed by atoms with Crippen molar-refractivity contribution in [2.45, 2.75) is 45.1 Å². The molecule has 0 fully saturated rings. The molecule has 5 N–H and O–H groups in total. The van der Waals surface area contributed by atoms with Crippen molar-refractivity contribution in [1.82, 2.24) is 0 Å². The standard InChI is InChI=1S/C10H22N2O2/c1-3-8(6-5-7-11)10(12,4-2)9(13)14/h8H,3-7,11-12H2,1-2H3,(H,13,14). The molecule has 0 aromatic carbocycles. The van der Waals surface area contributed by atoms with E-state index in [9.17, 15) is 4.79 Å². The zero-order valence-electron chi connectivity index (χ0n) is 9.12. The highest BCUT2D eigenvalue weighted by Crippen LogP contribution is 2.26. The van der Waals surface area contributed by atoms with Crippen LogP contribution in [0.4, 0.5) is 0 Å². The van der Waals surface area contributed by atoms with Gasteiger partial charge >= 0.3 is 5.97 Å². The Morgan fingerprint density at radius 1 is 1.50 bits per heavy atom. The van der Waals surface area contributed by atoms with Gasteiger partial charge in [-0.1, -0.05) is 20.3 Å². The van der Waals surface area contributed by atoms with Crippen LogP contribution in [0.2, 0.25) is 0 Å². The number of carboxylic acid groups (broad SMARTS) is 1. The van der Waals surface area contributed by atoms with Crippen LogP contribution in [0.5, 0.6) is 0 Å². The second-order valence-electron chi connectivity index (χ2n) is 3.74. The number of aliphatic carboxylic acids is 1. The molecular weight excluding hydrogens is 180 g/mol. The van der Waals surface area contributed by atoms with Crippen LogP contribution in [-0.2, 0) is 4.79 Å². The summed E-state index contributed by atoms with van der Waals surface area (Å²) >= 11 is 0. The highest BCUT2D eigenvalue weighted by molar-refractivity contribution is 5.78. The lowest BCUT2D eigenvalue weighted by molar-refractivity contribution is -0.146. The number of carboxylic acids is 1. The van der Waals surface area contributed by atoms with E-state index in [-0.39, 0.29) is 5.92 Å². The Bertz CT molecular complexity index is 185. The molecule has 0 bridgehead atoms. The van der Waals surface area contributed by atoms with Crippen molar-refractivity contribution in [1.29, 1.82) is 0 Å². The molecule has 0 saturated heterocycles. The first-order valence-electron chi connectivity index (χ1n) is 5.25. The van der Waals surface area contributed by atoms with Crippen LogP contribution >= 0.6 is 0 Å². The van der Waals surface area contributed by atoms with Crippen LogP contribution in [0, 0.1) is 5.92 Å². The molecule has 4 nitrogen and oxygen atoms in total. The summed E-state index contributed by atoms with van der Waals surface area (Å²) in [6.07, 6.45) is 2.89. The Balaban J connectivity index is 4.51. The van der Waals surface area contributed by atoms with Gasteiger partial charge in [0, 0.05) is 0 Å². The van der Waals surface area contributed by atoms with Crippen LogP contribution in [0.1, 0.15) is 39.5 Å². The maximum Gasteiger partial charge on any atom is 0.323 e. The third kappa shape index (κ3) is 2.96. The number of hydrogen-bond acceptors (Lipinski definition) is 3. The highest BCUT2D eigenvalue weighted by atomic mass is 16.4. The normalized spacial score (nSPS) is 17.4. The molecule has 4 heteroatoms. The first kappa shape index (κ1) is 13.4. The molecule has 2 atom stereocenters. The van der Waals surface area contributed by atoms with Gasteiger partial charge in [-0.25, -0.2) is 0 Å². The van der Waals surface area contributed by atoms with Gasteiger partial charge in [-0.2, -0.15) is 0 Å². The molecule has 0 rings (SSSR count). The van der Waals surface area contributed by atoms with Gasteiger partial charge in [0.05, 0.1) is 0 Å². The van der Waals surface area contributed by atoms with Crippen molar-refractivity contribution < 1.29 is 9.90 Å². The van der Waals surface area contributed by atoms with Crippen LogP contribution < -0.4 is 11.5 Å². The first-order valence-corrected chi connectivity index (χ1v) is 5.25. The van der Waals surface area contributed by atoms with E-state index in [0.29, 0.717) is 13.0 Å². The maximum atomic E-state index is 11.1. The summed E-state index contributed by atoms with van der Waals surface area (Å²) in [5, 5.41) is 9.08. The molecule has 0 aromatic rings. The minimum atomic E-state index is -1.08. The van der Waals surface area contributed by atoms with Gasteiger partial charge in [0.2, 0.25) is 0 Å². The molecule has 0 aliphatic rings. The molecule has 0 saturated carbocycles. The molecule has 14 heavy (non-hydrogen) atoms. The Labute approximate surface area is 85.7 Å². The summed E-state index contributed by atoms with van der Waals surface area (Å²) in [6, 6.07) is 0. The lowest BCUT2D eigenvalue weighted by Crippen LogP contribution is -2.53. The van der Waals surface area contributed by atoms with Gasteiger partial charge in [0.1, 0.15) is 5.54 Å². The van der Waals surface area contributed by atoms with Crippen LogP contribution in [0.25, 0.3) is 0 Å². The third-order valence-corrected chi connectivity index (χ3v) is 2.96. The van der Waals surface area contributed by atoms with E-state index in [2.05, 4.69) is 0 Å². The summed E-state index contributed by atoms with van der Waals surface area (Å²) in [5.74, 6) is -0.877. The predicted molar refractivity (Wildman–Crippen MR) is 56.9 cm³/mol. The molecule has 0 aromatic heterocycles. The fourth-order valence-corrected chi connectivity index (χ4v) is 1.80. The average Bonchev–Trinajstić information content (AvgIpc) is 2.18. The maximum absolute atomic E-state index is 11.1. The molecule has 2 unspecified atom stereocenters. The molecule has 84 valence electrons. The molecular formula is C10H22N2O2. The molecule has 0 aliphatic heterocycles. The zero-order valence-corrected chi connectivity index (χ0v) is 9.12. The molecule has 0 radical (unpaired) electrons. The summed E-state index contributed by atoms with van der Waals surface area (Å²) < 4.78 is 0. The molecule has 0 amide bonds. The molecule has 0 aliphatic carbocycles. The minimum absolute atomic E-state index is 0.0218. The Morgan fingerprint density at radius 3 is 2.36 bits per heavy atom. The Kier molecular flexibility index (Phi) is 5.72. The monoisotopic (exact) mass is 202 g/mol. The lowest BCUT2D eigenvalue weighted by atomic mass is 9.78. The number of rotatable bonds is 7. The Morgan fingerprint density at radius 2 is 2.07 bits per heavy atom. The molecule has 0 spiro atoms. The lowest BCUT2D eigenvalue weighted by Gasteiger charge is -2.32. The second kappa shape index (κ2) is 5.98. The predicted octanol–water partition coefficient (Wildman–Crippen LogP) is 0.944. The summed E-state index contributed by atoms with van der Waals surface area (Å²) in [6.45, 7) is 4.39. The largest absolute Gasteiger partial charge is 0.480 e. The Hall–Kier alpha value is -0.610. The first-order chi connectivity index (χ1) is 6.52. The fraction of sp³-hybridized carbons (Fsp3) is 0.900. The second-order valence-corrected chi connectivity index (χ2v) is 3.74. The van der Waals surface area contributed by atoms with Gasteiger partial charge in [0.25, 0.3) is 0 Å². The summed E-state index contributed by atoms with van der Waals surface area (Å²) in [4.78, 5) is 11.1. The van der Waals surface area contributed by atoms with Crippen molar-refractivity contribution in [2.24, 2.45) is 17.4 Å². The number of carbonyl (C=O) groups is 1.